The Morgan fingerprint density at radius 1 is 1.30 bits per heavy atom. The van der Waals surface area contributed by atoms with Crippen LogP contribution in [-0.2, 0) is 20.0 Å². The maximum absolute atomic E-state index is 4.57. The Bertz CT molecular complexity index is 615. The van der Waals surface area contributed by atoms with Crippen molar-refractivity contribution in [1.29, 1.82) is 0 Å². The quantitative estimate of drug-likeness (QED) is 0.340. The first-order chi connectivity index (χ1) is 11.3. The maximum atomic E-state index is 4.57. The van der Waals surface area contributed by atoms with Crippen LogP contribution in [0, 0.1) is 0 Å². The largest absolute Gasteiger partial charge is 0.356 e. The van der Waals surface area contributed by atoms with Crippen LogP contribution in [0.4, 0.5) is 0 Å². The van der Waals surface area contributed by atoms with Crippen molar-refractivity contribution in [2.75, 3.05) is 13.1 Å². The minimum absolute atomic E-state index is 0.550. The van der Waals surface area contributed by atoms with Crippen LogP contribution in [0.1, 0.15) is 17.8 Å². The maximum Gasteiger partial charge on any atom is 0.191 e. The third-order valence-electron chi connectivity index (χ3n) is 3.49. The normalized spacial score (nSPS) is 11.3. The lowest BCUT2D eigenvalue weighted by Crippen LogP contribution is -2.38. The molecule has 1 aromatic heterocycles. The van der Waals surface area contributed by atoms with Gasteiger partial charge in [0, 0.05) is 32.5 Å². The van der Waals surface area contributed by atoms with E-state index in [1.54, 1.807) is 6.20 Å². The predicted molar refractivity (Wildman–Crippen MR) is 95.3 cm³/mol. The van der Waals surface area contributed by atoms with Gasteiger partial charge in [0.25, 0.3) is 0 Å². The van der Waals surface area contributed by atoms with Crippen molar-refractivity contribution in [3.8, 4) is 0 Å². The number of benzene rings is 1. The van der Waals surface area contributed by atoms with Gasteiger partial charge < -0.3 is 15.2 Å². The lowest BCUT2D eigenvalue weighted by molar-refractivity contribution is 0.738. The molecule has 2 rings (SSSR count). The van der Waals surface area contributed by atoms with E-state index in [9.17, 15) is 0 Å². The summed E-state index contributed by atoms with van der Waals surface area (Å²) in [6.07, 6.45) is 7.65. The molecule has 2 N–H and O–H groups in total. The molecule has 0 aliphatic heterocycles. The first-order valence-corrected chi connectivity index (χ1v) is 7.93. The highest BCUT2D eigenvalue weighted by Crippen LogP contribution is 2.01. The van der Waals surface area contributed by atoms with Crippen LogP contribution >= 0.6 is 0 Å². The molecule has 5 heteroatoms. The summed E-state index contributed by atoms with van der Waals surface area (Å²) in [5, 5.41) is 6.59. The predicted octanol–water partition coefficient (Wildman–Crippen LogP) is 2.27. The lowest BCUT2D eigenvalue weighted by atomic mass is 10.1. The van der Waals surface area contributed by atoms with Crippen LogP contribution in [-0.4, -0.2) is 28.6 Å². The molecule has 2 aromatic rings. The van der Waals surface area contributed by atoms with Crippen LogP contribution in [0.15, 0.2) is 60.4 Å². The monoisotopic (exact) mass is 311 g/mol. The molecule has 0 radical (unpaired) electrons. The third kappa shape index (κ3) is 5.98. The molecule has 122 valence electrons. The highest BCUT2D eigenvalue weighted by molar-refractivity contribution is 5.79. The van der Waals surface area contributed by atoms with E-state index < -0.39 is 0 Å². The lowest BCUT2D eigenvalue weighted by Gasteiger charge is -2.11. The summed E-state index contributed by atoms with van der Waals surface area (Å²) in [6.45, 7) is 5.84. The number of rotatable bonds is 8. The van der Waals surface area contributed by atoms with Crippen molar-refractivity contribution in [2.45, 2.75) is 19.4 Å². The zero-order valence-corrected chi connectivity index (χ0v) is 13.7. The Labute approximate surface area is 138 Å². The highest BCUT2D eigenvalue weighted by atomic mass is 15.2. The molecule has 0 aliphatic carbocycles. The standard InChI is InChI=1S/C18H25N5/c1-3-11-20-18(22-15-17-19-13-14-23(17)2)21-12-7-10-16-8-5-4-6-9-16/h3-6,8-9,13-14H,1,7,10-12,15H2,2H3,(H2,20,21,22). The Balaban J connectivity index is 1.80. The molecular weight excluding hydrogens is 286 g/mol. The van der Waals surface area contributed by atoms with Gasteiger partial charge >= 0.3 is 0 Å². The van der Waals surface area contributed by atoms with E-state index in [1.165, 1.54) is 5.56 Å². The van der Waals surface area contributed by atoms with Crippen molar-refractivity contribution in [3.63, 3.8) is 0 Å². The number of nitrogens with one attached hydrogen (secondary N) is 2. The van der Waals surface area contributed by atoms with Crippen LogP contribution in [0.2, 0.25) is 0 Å². The van der Waals surface area contributed by atoms with Crippen LogP contribution in [0.5, 0.6) is 0 Å². The summed E-state index contributed by atoms with van der Waals surface area (Å²) in [4.78, 5) is 8.86. The molecule has 0 saturated carbocycles. The fourth-order valence-corrected chi connectivity index (χ4v) is 2.19. The Kier molecular flexibility index (Phi) is 6.91. The molecule has 23 heavy (non-hydrogen) atoms. The van der Waals surface area contributed by atoms with Crippen LogP contribution in [0.25, 0.3) is 0 Å². The summed E-state index contributed by atoms with van der Waals surface area (Å²) in [5.41, 5.74) is 1.36. The van der Waals surface area contributed by atoms with E-state index >= 15 is 0 Å². The smallest absolute Gasteiger partial charge is 0.191 e. The number of aliphatic imine (C=N–C) groups is 1. The number of guanidine groups is 1. The molecule has 0 fully saturated rings. The van der Waals surface area contributed by atoms with Gasteiger partial charge in [-0.2, -0.15) is 0 Å². The van der Waals surface area contributed by atoms with Gasteiger partial charge in [0.1, 0.15) is 12.4 Å². The topological polar surface area (TPSA) is 54.2 Å². The Morgan fingerprint density at radius 3 is 2.83 bits per heavy atom. The summed E-state index contributed by atoms with van der Waals surface area (Å²) in [5.74, 6) is 1.73. The van der Waals surface area contributed by atoms with E-state index in [1.807, 2.05) is 30.0 Å². The zero-order chi connectivity index (χ0) is 16.3. The van der Waals surface area contributed by atoms with Gasteiger partial charge in [0.2, 0.25) is 0 Å². The van der Waals surface area contributed by atoms with Crippen LogP contribution < -0.4 is 10.6 Å². The van der Waals surface area contributed by atoms with Gasteiger partial charge in [-0.3, -0.25) is 0 Å². The fourth-order valence-electron chi connectivity index (χ4n) is 2.19. The molecule has 0 atom stereocenters. The van der Waals surface area contributed by atoms with Gasteiger partial charge in [0.15, 0.2) is 5.96 Å². The number of hydrogen-bond donors (Lipinski definition) is 2. The molecule has 0 saturated heterocycles. The first kappa shape index (κ1) is 16.8. The molecule has 1 heterocycles. The molecular formula is C18H25N5. The van der Waals surface area contributed by atoms with Crippen molar-refractivity contribution < 1.29 is 0 Å². The average Bonchev–Trinajstić information content (AvgIpc) is 2.99. The second-order valence-electron chi connectivity index (χ2n) is 5.30. The fraction of sp³-hybridized carbons (Fsp3) is 0.333. The van der Waals surface area contributed by atoms with Crippen molar-refractivity contribution in [1.82, 2.24) is 20.2 Å². The van der Waals surface area contributed by atoms with Gasteiger partial charge in [-0.15, -0.1) is 6.58 Å². The third-order valence-corrected chi connectivity index (χ3v) is 3.49. The number of aryl methyl sites for hydroxylation is 2. The zero-order valence-electron chi connectivity index (χ0n) is 13.7. The molecule has 0 aliphatic rings. The summed E-state index contributed by atoms with van der Waals surface area (Å²) in [6, 6.07) is 10.5. The molecule has 1 aromatic carbocycles. The van der Waals surface area contributed by atoms with E-state index in [2.05, 4.69) is 51.5 Å². The summed E-state index contributed by atoms with van der Waals surface area (Å²) in [7, 11) is 1.97. The van der Waals surface area contributed by atoms with Gasteiger partial charge in [-0.25, -0.2) is 9.98 Å². The van der Waals surface area contributed by atoms with E-state index in [-0.39, 0.29) is 0 Å². The minimum Gasteiger partial charge on any atom is -0.356 e. The van der Waals surface area contributed by atoms with E-state index in [0.717, 1.165) is 31.2 Å². The molecule has 0 spiro atoms. The number of imidazole rings is 1. The minimum atomic E-state index is 0.550. The summed E-state index contributed by atoms with van der Waals surface area (Å²) >= 11 is 0. The van der Waals surface area contributed by atoms with Crippen molar-refractivity contribution in [2.24, 2.45) is 12.0 Å². The number of aromatic nitrogens is 2. The molecule has 0 bridgehead atoms. The average molecular weight is 311 g/mol. The summed E-state index contributed by atoms with van der Waals surface area (Å²) < 4.78 is 1.98. The van der Waals surface area contributed by atoms with Gasteiger partial charge in [-0.1, -0.05) is 36.4 Å². The number of nitrogens with zero attached hydrogens (tertiary/aromatic N) is 3. The Hall–Kier alpha value is -2.56. The van der Waals surface area contributed by atoms with Gasteiger partial charge in [-0.05, 0) is 18.4 Å². The SMILES string of the molecule is C=CCNC(=NCc1nccn1C)NCCCc1ccccc1. The second-order valence-corrected chi connectivity index (χ2v) is 5.30. The molecule has 0 unspecified atom stereocenters. The first-order valence-electron chi connectivity index (χ1n) is 7.93. The number of hydrogen-bond acceptors (Lipinski definition) is 2. The molecule has 5 nitrogen and oxygen atoms in total. The van der Waals surface area contributed by atoms with Gasteiger partial charge in [0.05, 0.1) is 0 Å². The van der Waals surface area contributed by atoms with E-state index in [0.29, 0.717) is 13.1 Å². The van der Waals surface area contributed by atoms with Crippen LogP contribution in [0.3, 0.4) is 0 Å². The van der Waals surface area contributed by atoms with Crippen molar-refractivity contribution in [3.05, 3.63) is 66.8 Å². The molecule has 0 amide bonds. The Morgan fingerprint density at radius 2 is 2.13 bits per heavy atom. The van der Waals surface area contributed by atoms with Crippen molar-refractivity contribution >= 4 is 5.96 Å². The second kappa shape index (κ2) is 9.46. The van der Waals surface area contributed by atoms with E-state index in [4.69, 9.17) is 0 Å². The highest BCUT2D eigenvalue weighted by Gasteiger charge is 2.01.